The van der Waals surface area contributed by atoms with Gasteiger partial charge in [0.2, 0.25) is 0 Å². The largest absolute Gasteiger partial charge is 0.419 e. The molecule has 0 fully saturated rings. The van der Waals surface area contributed by atoms with Crippen molar-refractivity contribution in [1.82, 2.24) is 19.1 Å². The van der Waals surface area contributed by atoms with Crippen LogP contribution in [-0.4, -0.2) is 24.9 Å². The van der Waals surface area contributed by atoms with Gasteiger partial charge in [-0.05, 0) is 53.9 Å². The highest BCUT2D eigenvalue weighted by atomic mass is 19.4. The molecular formula is C26H18F3N5O2. The number of nitrogens with zero attached hydrogens (tertiary/aromatic N) is 4. The third-order valence-corrected chi connectivity index (χ3v) is 6.71. The van der Waals surface area contributed by atoms with E-state index in [-0.39, 0.29) is 17.0 Å². The van der Waals surface area contributed by atoms with Crippen molar-refractivity contribution in [3.8, 4) is 16.8 Å². The van der Waals surface area contributed by atoms with Gasteiger partial charge in [0.15, 0.2) is 5.78 Å². The lowest BCUT2D eigenvalue weighted by atomic mass is 10.0. The average Bonchev–Trinajstić information content (AvgIpc) is 3.35. The minimum atomic E-state index is -4.65. The maximum atomic E-state index is 13.4. The predicted octanol–water partition coefficient (Wildman–Crippen LogP) is 4.67. The van der Waals surface area contributed by atoms with E-state index in [9.17, 15) is 22.8 Å². The number of ketones is 1. The zero-order valence-electron chi connectivity index (χ0n) is 18.9. The van der Waals surface area contributed by atoms with Gasteiger partial charge in [-0.15, -0.1) is 0 Å². The molecule has 0 unspecified atom stereocenters. The van der Waals surface area contributed by atoms with E-state index in [1.807, 2.05) is 6.07 Å². The molecule has 0 saturated carbocycles. The monoisotopic (exact) mass is 489 g/mol. The van der Waals surface area contributed by atoms with E-state index in [4.69, 9.17) is 5.73 Å². The fourth-order valence-corrected chi connectivity index (χ4v) is 4.86. The summed E-state index contributed by atoms with van der Waals surface area (Å²) >= 11 is 0. The number of nitrogen functional groups attached to an aromatic ring is 1. The molecule has 0 radical (unpaired) electrons. The number of halogens is 3. The second kappa shape index (κ2) is 7.51. The van der Waals surface area contributed by atoms with Crippen LogP contribution in [0, 0.1) is 0 Å². The summed E-state index contributed by atoms with van der Waals surface area (Å²) in [5.74, 6) is -0.514. The maximum absolute atomic E-state index is 13.4. The average molecular weight is 489 g/mol. The molecule has 0 saturated heterocycles. The molecule has 2 aromatic carbocycles. The Hall–Kier alpha value is -4.47. The number of carbonyl (C=O) groups excluding carboxylic acids is 1. The molecule has 0 amide bonds. The van der Waals surface area contributed by atoms with Crippen molar-refractivity contribution in [2.45, 2.75) is 19.0 Å². The van der Waals surface area contributed by atoms with E-state index < -0.39 is 17.6 Å². The molecule has 0 atom stereocenters. The third-order valence-electron chi connectivity index (χ3n) is 6.71. The lowest BCUT2D eigenvalue weighted by molar-refractivity contribution is -0.137. The zero-order chi connectivity index (χ0) is 25.4. The van der Waals surface area contributed by atoms with Gasteiger partial charge in [-0.25, -0.2) is 9.78 Å². The number of rotatable bonds is 2. The second-order valence-electron chi connectivity index (χ2n) is 8.82. The molecule has 2 N–H and O–H groups in total. The van der Waals surface area contributed by atoms with E-state index in [0.717, 1.165) is 11.6 Å². The van der Waals surface area contributed by atoms with Gasteiger partial charge in [-0.2, -0.15) is 13.2 Å². The Bertz CT molecular complexity index is 1800. The molecule has 7 nitrogen and oxygen atoms in total. The van der Waals surface area contributed by atoms with Crippen molar-refractivity contribution < 1.29 is 18.0 Å². The minimum Gasteiger partial charge on any atom is -0.383 e. The molecule has 1 aliphatic rings. The fraction of sp³-hybridized carbons (Fsp3) is 0.154. The number of imidazole rings is 1. The van der Waals surface area contributed by atoms with E-state index in [2.05, 4.69) is 9.97 Å². The Morgan fingerprint density at radius 2 is 1.75 bits per heavy atom. The van der Waals surface area contributed by atoms with E-state index in [1.54, 1.807) is 48.1 Å². The first-order valence-electron chi connectivity index (χ1n) is 11.1. The summed E-state index contributed by atoms with van der Waals surface area (Å²) < 4.78 is 43.3. The molecule has 5 aromatic rings. The topological polar surface area (TPSA) is 95.8 Å². The zero-order valence-corrected chi connectivity index (χ0v) is 18.9. The Balaban J connectivity index is 1.62. The van der Waals surface area contributed by atoms with E-state index >= 15 is 0 Å². The van der Waals surface area contributed by atoms with Crippen molar-refractivity contribution in [3.05, 3.63) is 82.0 Å². The summed E-state index contributed by atoms with van der Waals surface area (Å²) in [6, 6.07) is 11.3. The molecule has 3 aromatic heterocycles. The first-order chi connectivity index (χ1) is 17.1. The first-order valence-corrected chi connectivity index (χ1v) is 11.1. The first kappa shape index (κ1) is 22.0. The van der Waals surface area contributed by atoms with Crippen LogP contribution in [0.15, 0.2) is 59.7 Å². The van der Waals surface area contributed by atoms with Crippen LogP contribution in [0.25, 0.3) is 38.8 Å². The van der Waals surface area contributed by atoms with Crippen LogP contribution < -0.4 is 11.4 Å². The Morgan fingerprint density at radius 3 is 2.53 bits per heavy atom. The molecule has 3 heterocycles. The fourth-order valence-electron chi connectivity index (χ4n) is 4.86. The van der Waals surface area contributed by atoms with Crippen molar-refractivity contribution in [2.75, 3.05) is 5.73 Å². The summed E-state index contributed by atoms with van der Waals surface area (Å²) in [4.78, 5) is 33.6. The number of hydrogen-bond acceptors (Lipinski definition) is 5. The minimum absolute atomic E-state index is 0.0800. The number of Topliss-reactive ketones (excluding diaryl/α,β-unsaturated/α-hetero) is 1. The van der Waals surface area contributed by atoms with Crippen molar-refractivity contribution in [2.24, 2.45) is 7.05 Å². The van der Waals surface area contributed by atoms with Crippen LogP contribution in [0.1, 0.15) is 27.9 Å². The molecular weight excluding hydrogens is 471 g/mol. The molecule has 10 heteroatoms. The van der Waals surface area contributed by atoms with E-state index in [0.29, 0.717) is 51.6 Å². The Labute approximate surface area is 201 Å². The summed E-state index contributed by atoms with van der Waals surface area (Å²) in [5.41, 5.74) is 8.70. The number of aromatic nitrogens is 4. The molecule has 0 spiro atoms. The van der Waals surface area contributed by atoms with Gasteiger partial charge in [-0.3, -0.25) is 18.9 Å². The molecule has 0 aliphatic heterocycles. The van der Waals surface area contributed by atoms with Gasteiger partial charge < -0.3 is 5.73 Å². The second-order valence-corrected chi connectivity index (χ2v) is 8.82. The highest BCUT2D eigenvalue weighted by Crippen LogP contribution is 2.36. The molecule has 36 heavy (non-hydrogen) atoms. The SMILES string of the molecule is Cn1c(=O)n(-c2ccc3c(c2)CCC3=O)c2c3cc(-c4cnc(N)c(C(F)(F)F)c4)ccc3ncc21. The summed E-state index contributed by atoms with van der Waals surface area (Å²) in [5, 5.41) is 0.588. The van der Waals surface area contributed by atoms with E-state index in [1.165, 1.54) is 10.8 Å². The molecule has 0 bridgehead atoms. The normalized spacial score (nSPS) is 13.6. The van der Waals surface area contributed by atoms with Crippen LogP contribution in [0.3, 0.4) is 0 Å². The number of anilines is 1. The Morgan fingerprint density at radius 1 is 0.944 bits per heavy atom. The van der Waals surface area contributed by atoms with Gasteiger partial charge in [-0.1, -0.05) is 6.07 Å². The van der Waals surface area contributed by atoms with Gasteiger partial charge in [0.25, 0.3) is 0 Å². The highest BCUT2D eigenvalue weighted by Gasteiger charge is 2.34. The van der Waals surface area contributed by atoms with Crippen LogP contribution >= 0.6 is 0 Å². The number of hydrogen-bond donors (Lipinski definition) is 1. The van der Waals surface area contributed by atoms with Crippen molar-refractivity contribution in [1.29, 1.82) is 0 Å². The summed E-state index contributed by atoms with van der Waals surface area (Å²) in [6.45, 7) is 0. The molecule has 180 valence electrons. The van der Waals surface area contributed by atoms with Crippen molar-refractivity contribution >= 4 is 33.5 Å². The number of benzene rings is 2. The summed E-state index contributed by atoms with van der Waals surface area (Å²) in [7, 11) is 1.63. The van der Waals surface area contributed by atoms with Gasteiger partial charge in [0.1, 0.15) is 5.82 Å². The van der Waals surface area contributed by atoms with Crippen LogP contribution in [0.4, 0.5) is 19.0 Å². The van der Waals surface area contributed by atoms with Crippen LogP contribution in [0.2, 0.25) is 0 Å². The number of nitrogens with two attached hydrogens (primary N) is 1. The standard InChI is InChI=1S/C26H18F3N5O2/c1-33-21-12-31-20-6-2-13(15-10-19(26(27,28)29)24(30)32-11-15)9-18(20)23(21)34(25(33)36)16-4-5-17-14(8-16)3-7-22(17)35/h2,4-6,8-12H,3,7H2,1H3,(H2,30,32). The number of pyridine rings is 2. The maximum Gasteiger partial charge on any atom is 0.419 e. The number of aryl methyl sites for hydroxylation is 2. The number of carbonyl (C=O) groups is 1. The van der Waals surface area contributed by atoms with Gasteiger partial charge >= 0.3 is 11.9 Å². The predicted molar refractivity (Wildman–Crippen MR) is 129 cm³/mol. The van der Waals surface area contributed by atoms with Crippen molar-refractivity contribution in [3.63, 3.8) is 0 Å². The van der Waals surface area contributed by atoms with Crippen LogP contribution in [-0.2, 0) is 19.6 Å². The quantitative estimate of drug-likeness (QED) is 0.389. The summed E-state index contributed by atoms with van der Waals surface area (Å²) in [6.07, 6.45) is -0.712. The lowest BCUT2D eigenvalue weighted by Gasteiger charge is -2.12. The number of fused-ring (bicyclic) bond motifs is 4. The Kier molecular flexibility index (Phi) is 4.60. The lowest BCUT2D eigenvalue weighted by Crippen LogP contribution is -2.21. The smallest absolute Gasteiger partial charge is 0.383 e. The van der Waals surface area contributed by atoms with Crippen LogP contribution in [0.5, 0.6) is 0 Å². The van der Waals surface area contributed by atoms with Gasteiger partial charge in [0, 0.05) is 36.2 Å². The highest BCUT2D eigenvalue weighted by molar-refractivity contribution is 6.05. The third kappa shape index (κ3) is 3.21. The number of alkyl halides is 3. The molecule has 6 rings (SSSR count). The van der Waals surface area contributed by atoms with Gasteiger partial charge in [0.05, 0.1) is 34.0 Å². The molecule has 1 aliphatic carbocycles.